The van der Waals surface area contributed by atoms with Crippen molar-refractivity contribution in [2.75, 3.05) is 20.8 Å². The first-order valence-electron chi connectivity index (χ1n) is 9.34. The monoisotopic (exact) mass is 395 g/mol. The molecule has 2 aromatic heterocycles. The summed E-state index contributed by atoms with van der Waals surface area (Å²) in [7, 11) is 3.10. The van der Waals surface area contributed by atoms with Gasteiger partial charge in [0.25, 0.3) is 11.8 Å². The van der Waals surface area contributed by atoms with Gasteiger partial charge in [-0.05, 0) is 37.5 Å². The lowest BCUT2D eigenvalue weighted by molar-refractivity contribution is 0.0568. The molecule has 1 aliphatic rings. The van der Waals surface area contributed by atoms with Crippen LogP contribution in [0.5, 0.6) is 11.5 Å². The Hall–Kier alpha value is -3.49. The van der Waals surface area contributed by atoms with Crippen molar-refractivity contribution in [1.82, 2.24) is 25.1 Å². The summed E-state index contributed by atoms with van der Waals surface area (Å²) in [5.74, 6) is 1.59. The summed E-state index contributed by atoms with van der Waals surface area (Å²) in [4.78, 5) is 23.3. The van der Waals surface area contributed by atoms with Crippen molar-refractivity contribution in [3.63, 3.8) is 0 Å². The molecule has 0 radical (unpaired) electrons. The fraction of sp³-hybridized carbons (Fsp3) is 0.350. The van der Waals surface area contributed by atoms with Gasteiger partial charge in [0, 0.05) is 18.9 Å². The first-order valence-corrected chi connectivity index (χ1v) is 9.34. The van der Waals surface area contributed by atoms with Crippen molar-refractivity contribution in [3.05, 3.63) is 48.2 Å². The minimum Gasteiger partial charge on any atom is -0.497 e. The highest BCUT2D eigenvalue weighted by molar-refractivity contribution is 5.97. The third-order valence-electron chi connectivity index (χ3n) is 4.91. The number of nitrogens with zero attached hydrogens (tertiary/aromatic N) is 5. The number of benzene rings is 1. The molecule has 1 fully saturated rings. The zero-order valence-corrected chi connectivity index (χ0v) is 16.2. The molecule has 1 aliphatic heterocycles. The smallest absolute Gasteiger partial charge is 0.267 e. The minimum atomic E-state index is -0.315. The molecule has 9 nitrogen and oxygen atoms in total. The van der Waals surface area contributed by atoms with Crippen LogP contribution in [0.2, 0.25) is 0 Å². The molecule has 1 amide bonds. The van der Waals surface area contributed by atoms with E-state index in [0.717, 1.165) is 19.3 Å². The van der Waals surface area contributed by atoms with Crippen LogP contribution in [0, 0.1) is 0 Å². The Morgan fingerprint density at radius 3 is 2.83 bits per heavy atom. The molecule has 0 unspecified atom stereocenters. The zero-order chi connectivity index (χ0) is 20.2. The van der Waals surface area contributed by atoms with Crippen LogP contribution in [-0.2, 0) is 0 Å². The highest BCUT2D eigenvalue weighted by Gasteiger charge is 2.34. The van der Waals surface area contributed by atoms with Gasteiger partial charge >= 0.3 is 0 Å². The summed E-state index contributed by atoms with van der Waals surface area (Å²) in [5, 5.41) is 8.27. The number of hydrogen-bond donors (Lipinski definition) is 0. The molecule has 9 heteroatoms. The van der Waals surface area contributed by atoms with Crippen LogP contribution >= 0.6 is 0 Å². The van der Waals surface area contributed by atoms with E-state index in [1.165, 1.54) is 7.11 Å². The van der Waals surface area contributed by atoms with Crippen LogP contribution in [0.1, 0.15) is 41.6 Å². The Balaban J connectivity index is 1.65. The van der Waals surface area contributed by atoms with E-state index in [1.54, 1.807) is 48.8 Å². The number of likely N-dealkylation sites (tertiary alicyclic amines) is 1. The van der Waals surface area contributed by atoms with Crippen LogP contribution in [0.25, 0.3) is 11.6 Å². The maximum absolute atomic E-state index is 13.4. The predicted molar refractivity (Wildman–Crippen MR) is 102 cm³/mol. The van der Waals surface area contributed by atoms with Gasteiger partial charge < -0.3 is 18.8 Å². The standard InChI is InChI=1S/C20H21N5O4/c1-27-13-6-7-17(28-2)14(11-13)20(26)25-10-4-3-5-16(25)19-24-23-18(29-19)15-12-21-8-9-22-15/h6-9,11-12,16H,3-5,10H2,1-2H3/t16-/m1/s1. The number of rotatable bonds is 5. The van der Waals surface area contributed by atoms with Gasteiger partial charge in [-0.3, -0.25) is 9.78 Å². The third kappa shape index (κ3) is 3.75. The summed E-state index contributed by atoms with van der Waals surface area (Å²) >= 11 is 0. The van der Waals surface area contributed by atoms with Crippen molar-refractivity contribution >= 4 is 5.91 Å². The molecular formula is C20H21N5O4. The Kier molecular flexibility index (Phi) is 5.37. The van der Waals surface area contributed by atoms with Crippen molar-refractivity contribution in [1.29, 1.82) is 0 Å². The summed E-state index contributed by atoms with van der Waals surface area (Å²) in [6, 6.07) is 4.86. The number of amides is 1. The summed E-state index contributed by atoms with van der Waals surface area (Å²) in [6.07, 6.45) is 7.29. The lowest BCUT2D eigenvalue weighted by Gasteiger charge is -2.33. The van der Waals surface area contributed by atoms with E-state index in [-0.39, 0.29) is 17.8 Å². The third-order valence-corrected chi connectivity index (χ3v) is 4.91. The van der Waals surface area contributed by atoms with E-state index in [4.69, 9.17) is 13.9 Å². The molecule has 0 saturated carbocycles. The SMILES string of the molecule is COc1ccc(OC)c(C(=O)N2CCCC[C@@H]2c2nnc(-c3cnccn3)o2)c1. The van der Waals surface area contributed by atoms with Gasteiger partial charge in [0.15, 0.2) is 0 Å². The van der Waals surface area contributed by atoms with Gasteiger partial charge in [-0.15, -0.1) is 10.2 Å². The summed E-state index contributed by atoms with van der Waals surface area (Å²) in [5.41, 5.74) is 0.932. The van der Waals surface area contributed by atoms with Crippen molar-refractivity contribution in [2.24, 2.45) is 0 Å². The average molecular weight is 395 g/mol. The molecule has 3 aromatic rings. The average Bonchev–Trinajstić information content (AvgIpc) is 3.29. The molecule has 0 spiro atoms. The second-order valence-corrected chi connectivity index (χ2v) is 6.61. The number of hydrogen-bond acceptors (Lipinski definition) is 8. The van der Waals surface area contributed by atoms with E-state index in [1.807, 2.05) is 0 Å². The van der Waals surface area contributed by atoms with Gasteiger partial charge in [-0.25, -0.2) is 4.98 Å². The zero-order valence-electron chi connectivity index (χ0n) is 16.2. The Bertz CT molecular complexity index is 992. The molecule has 0 bridgehead atoms. The Morgan fingerprint density at radius 2 is 2.07 bits per heavy atom. The lowest BCUT2D eigenvalue weighted by atomic mass is 10.0. The molecule has 1 saturated heterocycles. The van der Waals surface area contributed by atoms with Crippen LogP contribution in [0.4, 0.5) is 0 Å². The maximum Gasteiger partial charge on any atom is 0.267 e. The van der Waals surface area contributed by atoms with Gasteiger partial charge in [-0.2, -0.15) is 0 Å². The molecule has 4 rings (SSSR count). The summed E-state index contributed by atoms with van der Waals surface area (Å²) < 4.78 is 16.5. The van der Waals surface area contributed by atoms with Crippen molar-refractivity contribution in [3.8, 4) is 23.1 Å². The second-order valence-electron chi connectivity index (χ2n) is 6.61. The number of methoxy groups -OCH3 is 2. The Labute approximate surface area is 167 Å². The molecular weight excluding hydrogens is 374 g/mol. The Morgan fingerprint density at radius 1 is 1.17 bits per heavy atom. The van der Waals surface area contributed by atoms with E-state index in [0.29, 0.717) is 35.2 Å². The normalized spacial score (nSPS) is 16.5. The molecule has 150 valence electrons. The predicted octanol–water partition coefficient (Wildman–Crippen LogP) is 2.91. The van der Waals surface area contributed by atoms with Crippen LogP contribution in [0.15, 0.2) is 41.2 Å². The van der Waals surface area contributed by atoms with E-state index >= 15 is 0 Å². The van der Waals surface area contributed by atoms with E-state index in [2.05, 4.69) is 20.2 Å². The number of carbonyl (C=O) groups excluding carboxylic acids is 1. The van der Waals surface area contributed by atoms with Gasteiger partial charge in [0.2, 0.25) is 5.89 Å². The van der Waals surface area contributed by atoms with Gasteiger partial charge in [-0.1, -0.05) is 0 Å². The van der Waals surface area contributed by atoms with Crippen LogP contribution in [0.3, 0.4) is 0 Å². The number of carbonyl (C=O) groups is 1. The first kappa shape index (κ1) is 18.9. The van der Waals surface area contributed by atoms with Crippen molar-refractivity contribution in [2.45, 2.75) is 25.3 Å². The first-order chi connectivity index (χ1) is 14.2. The quantitative estimate of drug-likeness (QED) is 0.650. The lowest BCUT2D eigenvalue weighted by Crippen LogP contribution is -2.38. The van der Waals surface area contributed by atoms with Crippen molar-refractivity contribution < 1.29 is 18.7 Å². The fourth-order valence-corrected chi connectivity index (χ4v) is 3.45. The molecule has 29 heavy (non-hydrogen) atoms. The van der Waals surface area contributed by atoms with E-state index < -0.39 is 0 Å². The second kappa shape index (κ2) is 8.26. The van der Waals surface area contributed by atoms with E-state index in [9.17, 15) is 4.79 Å². The molecule has 3 heterocycles. The number of piperidine rings is 1. The highest BCUT2D eigenvalue weighted by atomic mass is 16.5. The molecule has 0 aliphatic carbocycles. The van der Waals surface area contributed by atoms with Gasteiger partial charge in [0.05, 0.1) is 26.0 Å². The molecule has 1 atom stereocenters. The summed E-state index contributed by atoms with van der Waals surface area (Å²) in [6.45, 7) is 0.590. The van der Waals surface area contributed by atoms with Gasteiger partial charge in [0.1, 0.15) is 23.2 Å². The number of aromatic nitrogens is 4. The topological polar surface area (TPSA) is 103 Å². The number of ether oxygens (including phenoxy) is 2. The highest BCUT2D eigenvalue weighted by Crippen LogP contribution is 2.34. The maximum atomic E-state index is 13.4. The van der Waals surface area contributed by atoms with Crippen LogP contribution in [-0.4, -0.2) is 51.7 Å². The fourth-order valence-electron chi connectivity index (χ4n) is 3.45. The molecule has 0 N–H and O–H groups in total. The minimum absolute atomic E-state index is 0.162. The molecule has 1 aromatic carbocycles. The largest absolute Gasteiger partial charge is 0.497 e. The van der Waals surface area contributed by atoms with Crippen LogP contribution < -0.4 is 9.47 Å².